The number of anilines is 2. The van der Waals surface area contributed by atoms with E-state index in [1.54, 1.807) is 36.4 Å². The van der Waals surface area contributed by atoms with Crippen molar-refractivity contribution in [2.24, 2.45) is 0 Å². The van der Waals surface area contributed by atoms with Crippen molar-refractivity contribution in [2.75, 3.05) is 29.1 Å². The molecule has 0 saturated carbocycles. The zero-order valence-electron chi connectivity index (χ0n) is 16.9. The van der Waals surface area contributed by atoms with Gasteiger partial charge in [0.15, 0.2) is 9.84 Å². The van der Waals surface area contributed by atoms with Crippen molar-refractivity contribution in [3.8, 4) is 6.07 Å². The first-order valence-corrected chi connectivity index (χ1v) is 11.4. The molecule has 2 unspecified atom stereocenters. The molecule has 2 heterocycles. The summed E-state index contributed by atoms with van der Waals surface area (Å²) in [7, 11) is -3.65. The second kappa shape index (κ2) is 9.24. The van der Waals surface area contributed by atoms with Crippen LogP contribution in [-0.4, -0.2) is 50.4 Å². The lowest BCUT2D eigenvalue weighted by molar-refractivity contribution is -0.113. The molecule has 1 N–H and O–H groups in total. The van der Waals surface area contributed by atoms with E-state index < -0.39 is 21.5 Å². The molecule has 0 radical (unpaired) electrons. The third-order valence-electron chi connectivity index (χ3n) is 4.60. The quantitative estimate of drug-likeness (QED) is 0.750. The maximum absolute atomic E-state index is 12.3. The fourth-order valence-corrected chi connectivity index (χ4v) is 4.66. The van der Waals surface area contributed by atoms with Crippen LogP contribution in [0.3, 0.4) is 0 Å². The molecule has 1 aliphatic heterocycles. The number of aromatic nitrogens is 1. The van der Waals surface area contributed by atoms with Crippen molar-refractivity contribution in [1.82, 2.24) is 4.98 Å². The van der Waals surface area contributed by atoms with Gasteiger partial charge in [-0.05, 0) is 43.7 Å². The van der Waals surface area contributed by atoms with Gasteiger partial charge in [0.25, 0.3) is 0 Å². The number of hydrogen-bond acceptors (Lipinski definition) is 7. The Balaban J connectivity index is 1.56. The molecule has 30 heavy (non-hydrogen) atoms. The van der Waals surface area contributed by atoms with E-state index in [0.29, 0.717) is 16.8 Å². The van der Waals surface area contributed by atoms with Gasteiger partial charge in [0.05, 0.1) is 41.5 Å². The monoisotopic (exact) mass is 428 g/mol. The summed E-state index contributed by atoms with van der Waals surface area (Å²) in [6.45, 7) is 5.48. The maximum Gasteiger partial charge on any atom is 0.239 e. The molecule has 2 atom stereocenters. The molecule has 9 heteroatoms. The van der Waals surface area contributed by atoms with Crippen LogP contribution in [0.1, 0.15) is 25.0 Å². The summed E-state index contributed by atoms with van der Waals surface area (Å²) in [4.78, 5) is 18.7. The number of ether oxygens (including phenoxy) is 1. The standard InChI is InChI=1S/C21H24N4O4S/c1-15-11-25(12-16(2)29-15)20-8-7-19(10-23-20)24-21(26)14-30(27,28)13-18-5-3-17(9-22)4-6-18/h3-8,10,15-16H,11-14H2,1-2H3,(H,24,26). The normalized spacial score (nSPS) is 19.2. The predicted octanol–water partition coefficient (Wildman–Crippen LogP) is 2.12. The topological polar surface area (TPSA) is 112 Å². The van der Waals surface area contributed by atoms with Crippen molar-refractivity contribution in [3.05, 3.63) is 53.7 Å². The predicted molar refractivity (Wildman–Crippen MR) is 114 cm³/mol. The molecule has 8 nitrogen and oxygen atoms in total. The molecule has 1 amide bonds. The lowest BCUT2D eigenvalue weighted by Crippen LogP contribution is -2.45. The number of morpholine rings is 1. The van der Waals surface area contributed by atoms with Crippen LogP contribution >= 0.6 is 0 Å². The number of carbonyl (C=O) groups is 1. The van der Waals surface area contributed by atoms with Gasteiger partial charge in [-0.15, -0.1) is 0 Å². The van der Waals surface area contributed by atoms with Gasteiger partial charge < -0.3 is 15.0 Å². The number of sulfone groups is 1. The van der Waals surface area contributed by atoms with Gasteiger partial charge >= 0.3 is 0 Å². The molecule has 1 aliphatic rings. The molecular formula is C21H24N4O4S. The highest BCUT2D eigenvalue weighted by atomic mass is 32.2. The third kappa shape index (κ3) is 6.02. The fourth-order valence-electron chi connectivity index (χ4n) is 3.39. The van der Waals surface area contributed by atoms with Crippen LogP contribution in [-0.2, 0) is 25.1 Å². The van der Waals surface area contributed by atoms with Crippen LogP contribution in [0.25, 0.3) is 0 Å². The summed E-state index contributed by atoms with van der Waals surface area (Å²) in [6, 6.07) is 11.7. The number of carbonyl (C=O) groups excluding carboxylic acids is 1. The fraction of sp³-hybridized carbons (Fsp3) is 0.381. The minimum atomic E-state index is -3.65. The largest absolute Gasteiger partial charge is 0.372 e. The molecule has 0 spiro atoms. The van der Waals surface area contributed by atoms with E-state index in [2.05, 4.69) is 15.2 Å². The van der Waals surface area contributed by atoms with E-state index in [0.717, 1.165) is 18.9 Å². The third-order valence-corrected chi connectivity index (χ3v) is 6.07. The summed E-state index contributed by atoms with van der Waals surface area (Å²) < 4.78 is 30.4. The number of rotatable bonds is 6. The van der Waals surface area contributed by atoms with E-state index in [-0.39, 0.29) is 18.0 Å². The number of pyridine rings is 1. The summed E-state index contributed by atoms with van der Waals surface area (Å²) in [6.07, 6.45) is 1.73. The van der Waals surface area contributed by atoms with E-state index in [9.17, 15) is 13.2 Å². The van der Waals surface area contributed by atoms with E-state index in [1.807, 2.05) is 19.9 Å². The summed E-state index contributed by atoms with van der Waals surface area (Å²) in [5, 5.41) is 11.4. The lowest BCUT2D eigenvalue weighted by Gasteiger charge is -2.36. The Labute approximate surface area is 176 Å². The summed E-state index contributed by atoms with van der Waals surface area (Å²) in [5.41, 5.74) is 1.42. The molecule has 158 valence electrons. The Morgan fingerprint density at radius 1 is 1.20 bits per heavy atom. The Morgan fingerprint density at radius 2 is 1.87 bits per heavy atom. The molecule has 1 aromatic heterocycles. The number of nitrogens with zero attached hydrogens (tertiary/aromatic N) is 3. The highest BCUT2D eigenvalue weighted by Gasteiger charge is 2.23. The van der Waals surface area contributed by atoms with Gasteiger partial charge in [0.1, 0.15) is 11.6 Å². The van der Waals surface area contributed by atoms with Crippen LogP contribution < -0.4 is 10.2 Å². The molecule has 1 saturated heterocycles. The minimum Gasteiger partial charge on any atom is -0.372 e. The molecule has 0 aliphatic carbocycles. The average molecular weight is 429 g/mol. The first-order valence-electron chi connectivity index (χ1n) is 9.60. The maximum atomic E-state index is 12.3. The average Bonchev–Trinajstić information content (AvgIpc) is 2.67. The van der Waals surface area contributed by atoms with Crippen molar-refractivity contribution in [2.45, 2.75) is 31.8 Å². The van der Waals surface area contributed by atoms with Crippen molar-refractivity contribution >= 4 is 27.2 Å². The van der Waals surface area contributed by atoms with Gasteiger partial charge in [-0.25, -0.2) is 13.4 Å². The number of nitriles is 1. The van der Waals surface area contributed by atoms with Gasteiger partial charge in [-0.3, -0.25) is 4.79 Å². The van der Waals surface area contributed by atoms with Crippen LogP contribution in [0.4, 0.5) is 11.5 Å². The lowest BCUT2D eigenvalue weighted by atomic mass is 10.2. The van der Waals surface area contributed by atoms with Crippen molar-refractivity contribution in [3.63, 3.8) is 0 Å². The highest BCUT2D eigenvalue weighted by Crippen LogP contribution is 2.20. The van der Waals surface area contributed by atoms with Gasteiger partial charge in [0.2, 0.25) is 5.91 Å². The van der Waals surface area contributed by atoms with Gasteiger partial charge in [-0.1, -0.05) is 12.1 Å². The van der Waals surface area contributed by atoms with E-state index in [4.69, 9.17) is 10.00 Å². The number of amides is 1. The summed E-state index contributed by atoms with van der Waals surface area (Å²) >= 11 is 0. The number of nitrogens with one attached hydrogen (secondary N) is 1. The Bertz CT molecular complexity index is 1020. The van der Waals surface area contributed by atoms with Crippen molar-refractivity contribution in [1.29, 1.82) is 5.26 Å². The van der Waals surface area contributed by atoms with Crippen LogP contribution in [0.15, 0.2) is 42.6 Å². The Morgan fingerprint density at radius 3 is 2.43 bits per heavy atom. The molecule has 1 aromatic carbocycles. The second-order valence-electron chi connectivity index (χ2n) is 7.46. The summed E-state index contributed by atoms with van der Waals surface area (Å²) in [5.74, 6) is -0.737. The van der Waals surface area contributed by atoms with E-state index in [1.165, 1.54) is 6.20 Å². The number of hydrogen-bond donors (Lipinski definition) is 1. The van der Waals surface area contributed by atoms with Crippen LogP contribution in [0.5, 0.6) is 0 Å². The number of benzene rings is 1. The van der Waals surface area contributed by atoms with Gasteiger partial charge in [0, 0.05) is 13.1 Å². The molecule has 2 aromatic rings. The van der Waals surface area contributed by atoms with Gasteiger partial charge in [-0.2, -0.15) is 5.26 Å². The Hall–Kier alpha value is -2.96. The first-order chi connectivity index (χ1) is 14.2. The first kappa shape index (κ1) is 21.7. The van der Waals surface area contributed by atoms with Crippen LogP contribution in [0, 0.1) is 11.3 Å². The SMILES string of the molecule is CC1CN(c2ccc(NC(=O)CS(=O)(=O)Cc3ccc(C#N)cc3)cn2)CC(C)O1. The zero-order chi connectivity index (χ0) is 21.7. The zero-order valence-corrected chi connectivity index (χ0v) is 17.7. The smallest absolute Gasteiger partial charge is 0.239 e. The van der Waals surface area contributed by atoms with Crippen molar-refractivity contribution < 1.29 is 17.9 Å². The molecule has 3 rings (SSSR count). The van der Waals surface area contributed by atoms with E-state index >= 15 is 0 Å². The van der Waals surface area contributed by atoms with Crippen LogP contribution in [0.2, 0.25) is 0 Å². The molecular weight excluding hydrogens is 404 g/mol. The minimum absolute atomic E-state index is 0.108. The molecule has 0 bridgehead atoms. The molecule has 1 fully saturated rings. The second-order valence-corrected chi connectivity index (χ2v) is 9.52. The Kier molecular flexibility index (Phi) is 6.70. The highest BCUT2D eigenvalue weighted by molar-refractivity contribution is 7.91.